The van der Waals surface area contributed by atoms with Crippen LogP contribution in [-0.2, 0) is 4.79 Å². The highest BCUT2D eigenvalue weighted by molar-refractivity contribution is 5.94. The molecule has 170 valence electrons. The molecule has 1 spiro atoms. The first-order valence-electron chi connectivity index (χ1n) is 11.5. The molecule has 2 aliphatic rings. The summed E-state index contributed by atoms with van der Waals surface area (Å²) in [6, 6.07) is 15.9. The third-order valence-corrected chi connectivity index (χ3v) is 6.80. The van der Waals surface area contributed by atoms with Crippen molar-refractivity contribution in [3.8, 4) is 0 Å². The van der Waals surface area contributed by atoms with Crippen molar-refractivity contribution in [2.75, 3.05) is 13.1 Å². The molecule has 5 nitrogen and oxygen atoms in total. The van der Waals surface area contributed by atoms with Gasteiger partial charge in [-0.15, -0.1) is 0 Å². The lowest BCUT2D eigenvalue weighted by Gasteiger charge is -2.47. The zero-order chi connectivity index (χ0) is 22.9. The topological polar surface area (TPSA) is 52.7 Å². The van der Waals surface area contributed by atoms with Gasteiger partial charge < -0.3 is 9.80 Å². The van der Waals surface area contributed by atoms with Crippen LogP contribution < -0.4 is 5.32 Å². The van der Waals surface area contributed by atoms with Crippen LogP contribution >= 0.6 is 0 Å². The minimum Gasteiger partial charge on any atom is -0.338 e. The van der Waals surface area contributed by atoms with Crippen molar-refractivity contribution >= 4 is 11.8 Å². The Bertz CT molecular complexity index is 970. The first-order valence-corrected chi connectivity index (χ1v) is 11.5. The standard InChI is InChI=1S/C26H32FN3O2/c1-18(2)17-23-25(32)30(19(3)20-9-5-4-6-10-20)26(28-23)13-15-29(16-14-26)24(31)21-11-7-8-12-22(21)27/h4-12,18-19,23,28H,13-17H2,1-3H3. The van der Waals surface area contributed by atoms with E-state index in [4.69, 9.17) is 0 Å². The monoisotopic (exact) mass is 437 g/mol. The van der Waals surface area contributed by atoms with Gasteiger partial charge in [-0.1, -0.05) is 56.3 Å². The number of likely N-dealkylation sites (tertiary alicyclic amines) is 1. The molecule has 2 aromatic rings. The van der Waals surface area contributed by atoms with E-state index in [0.717, 1.165) is 12.0 Å². The van der Waals surface area contributed by atoms with E-state index in [1.165, 1.54) is 12.1 Å². The molecule has 2 aromatic carbocycles. The van der Waals surface area contributed by atoms with Gasteiger partial charge in [0.05, 0.1) is 23.3 Å². The fourth-order valence-corrected chi connectivity index (χ4v) is 5.18. The van der Waals surface area contributed by atoms with E-state index >= 15 is 0 Å². The van der Waals surface area contributed by atoms with Crippen LogP contribution in [0.15, 0.2) is 54.6 Å². The van der Waals surface area contributed by atoms with Gasteiger partial charge in [0.25, 0.3) is 5.91 Å². The van der Waals surface area contributed by atoms with Crippen LogP contribution in [-0.4, -0.2) is 46.4 Å². The smallest absolute Gasteiger partial charge is 0.256 e. The first-order chi connectivity index (χ1) is 15.3. The van der Waals surface area contributed by atoms with Crippen molar-refractivity contribution in [2.24, 2.45) is 5.92 Å². The van der Waals surface area contributed by atoms with Gasteiger partial charge in [-0.2, -0.15) is 0 Å². The molecule has 32 heavy (non-hydrogen) atoms. The number of rotatable bonds is 5. The first kappa shape index (κ1) is 22.5. The maximum Gasteiger partial charge on any atom is 0.256 e. The van der Waals surface area contributed by atoms with E-state index in [9.17, 15) is 14.0 Å². The number of piperidine rings is 1. The number of carbonyl (C=O) groups is 2. The van der Waals surface area contributed by atoms with Crippen LogP contribution in [0.4, 0.5) is 4.39 Å². The Balaban J connectivity index is 1.58. The van der Waals surface area contributed by atoms with Crippen molar-refractivity contribution in [3.05, 3.63) is 71.5 Å². The number of amides is 2. The van der Waals surface area contributed by atoms with Crippen molar-refractivity contribution in [1.82, 2.24) is 15.1 Å². The van der Waals surface area contributed by atoms with Crippen LogP contribution in [0.5, 0.6) is 0 Å². The molecule has 0 radical (unpaired) electrons. The van der Waals surface area contributed by atoms with Crippen molar-refractivity contribution < 1.29 is 14.0 Å². The van der Waals surface area contributed by atoms with Crippen LogP contribution in [0.2, 0.25) is 0 Å². The second-order valence-corrected chi connectivity index (χ2v) is 9.43. The minimum absolute atomic E-state index is 0.0813. The highest BCUT2D eigenvalue weighted by Crippen LogP contribution is 2.40. The van der Waals surface area contributed by atoms with Crippen molar-refractivity contribution in [1.29, 1.82) is 0 Å². The third kappa shape index (κ3) is 4.16. The molecular formula is C26H32FN3O2. The molecule has 0 aromatic heterocycles. The third-order valence-electron chi connectivity index (χ3n) is 6.80. The number of hydrogen-bond acceptors (Lipinski definition) is 3. The molecule has 2 fully saturated rings. The largest absolute Gasteiger partial charge is 0.338 e. The lowest BCUT2D eigenvalue weighted by molar-refractivity contribution is -0.136. The van der Waals surface area contributed by atoms with Crippen molar-refractivity contribution in [3.63, 3.8) is 0 Å². The maximum absolute atomic E-state index is 14.2. The summed E-state index contributed by atoms with van der Waals surface area (Å²) in [4.78, 5) is 30.2. The molecule has 4 rings (SSSR count). The Labute approximate surface area is 189 Å². The summed E-state index contributed by atoms with van der Waals surface area (Å²) in [6.45, 7) is 7.27. The van der Waals surface area contributed by atoms with Gasteiger partial charge in [0.15, 0.2) is 0 Å². The zero-order valence-corrected chi connectivity index (χ0v) is 19.1. The Morgan fingerprint density at radius 2 is 1.69 bits per heavy atom. The summed E-state index contributed by atoms with van der Waals surface area (Å²) in [7, 11) is 0. The number of carbonyl (C=O) groups excluding carboxylic acids is 2. The minimum atomic E-state index is -0.502. The van der Waals surface area contributed by atoms with E-state index < -0.39 is 11.5 Å². The highest BCUT2D eigenvalue weighted by atomic mass is 19.1. The zero-order valence-electron chi connectivity index (χ0n) is 19.1. The molecule has 2 heterocycles. The number of hydrogen-bond donors (Lipinski definition) is 1. The second-order valence-electron chi connectivity index (χ2n) is 9.43. The molecule has 0 saturated carbocycles. The molecule has 6 heteroatoms. The summed E-state index contributed by atoms with van der Waals surface area (Å²) in [5.41, 5.74) is 0.695. The van der Waals surface area contributed by atoms with Crippen molar-refractivity contribution in [2.45, 2.75) is 57.8 Å². The molecule has 0 bridgehead atoms. The Morgan fingerprint density at radius 3 is 2.31 bits per heavy atom. The molecule has 2 amide bonds. The molecule has 2 aliphatic heterocycles. The van der Waals surface area contributed by atoms with Gasteiger partial charge in [-0.3, -0.25) is 14.9 Å². The van der Waals surface area contributed by atoms with Gasteiger partial charge in [0.1, 0.15) is 5.82 Å². The van der Waals surface area contributed by atoms with Gasteiger partial charge in [-0.25, -0.2) is 4.39 Å². The normalized spacial score (nSPS) is 21.4. The van der Waals surface area contributed by atoms with E-state index in [-0.39, 0.29) is 29.5 Å². The average molecular weight is 438 g/mol. The van der Waals surface area contributed by atoms with E-state index in [2.05, 4.69) is 38.2 Å². The molecule has 2 atom stereocenters. The lowest BCUT2D eigenvalue weighted by atomic mass is 9.92. The lowest BCUT2D eigenvalue weighted by Crippen LogP contribution is -2.60. The van der Waals surface area contributed by atoms with Crippen LogP contribution in [0.1, 0.15) is 62.0 Å². The highest BCUT2D eigenvalue weighted by Gasteiger charge is 2.53. The predicted molar refractivity (Wildman–Crippen MR) is 122 cm³/mol. The molecule has 2 unspecified atom stereocenters. The SMILES string of the molecule is CC(C)CC1NC2(CCN(C(=O)c3ccccc3F)CC2)N(C(C)c2ccccc2)C1=O. The summed E-state index contributed by atoms with van der Waals surface area (Å²) in [5, 5.41) is 3.66. The number of nitrogens with one attached hydrogen (secondary N) is 1. The maximum atomic E-state index is 14.2. The molecule has 0 aliphatic carbocycles. The van der Waals surface area contributed by atoms with Crippen LogP contribution in [0, 0.1) is 11.7 Å². The van der Waals surface area contributed by atoms with Crippen LogP contribution in [0.25, 0.3) is 0 Å². The van der Waals surface area contributed by atoms with Crippen LogP contribution in [0.3, 0.4) is 0 Å². The summed E-state index contributed by atoms with van der Waals surface area (Å²) in [5.74, 6) is -0.265. The quantitative estimate of drug-likeness (QED) is 0.756. The predicted octanol–water partition coefficient (Wildman–Crippen LogP) is 4.37. The van der Waals surface area contributed by atoms with Gasteiger partial charge >= 0.3 is 0 Å². The number of nitrogens with zero attached hydrogens (tertiary/aromatic N) is 2. The average Bonchev–Trinajstić information content (AvgIpc) is 3.04. The van der Waals surface area contributed by atoms with Gasteiger partial charge in [0.2, 0.25) is 5.91 Å². The molecule has 2 saturated heterocycles. The Kier molecular flexibility index (Phi) is 6.33. The van der Waals surface area contributed by atoms with E-state index in [1.807, 2.05) is 23.1 Å². The Morgan fingerprint density at radius 1 is 1.06 bits per heavy atom. The van der Waals surface area contributed by atoms with Gasteiger partial charge in [0, 0.05) is 25.9 Å². The van der Waals surface area contributed by atoms with E-state index in [1.54, 1.807) is 17.0 Å². The van der Waals surface area contributed by atoms with E-state index in [0.29, 0.717) is 31.8 Å². The summed E-state index contributed by atoms with van der Waals surface area (Å²) < 4.78 is 14.2. The fourth-order valence-electron chi connectivity index (χ4n) is 5.18. The number of halogens is 1. The molecular weight excluding hydrogens is 405 g/mol. The van der Waals surface area contributed by atoms with Gasteiger partial charge in [-0.05, 0) is 37.0 Å². The summed E-state index contributed by atoms with van der Waals surface area (Å²) >= 11 is 0. The Hall–Kier alpha value is -2.73. The molecule has 1 N–H and O–H groups in total. The fraction of sp³-hybridized carbons (Fsp3) is 0.462. The summed E-state index contributed by atoms with van der Waals surface area (Å²) in [6.07, 6.45) is 2.01. The number of benzene rings is 2. The second kappa shape index (κ2) is 9.02.